The Balaban J connectivity index is 1.64. The summed E-state index contributed by atoms with van der Waals surface area (Å²) in [6, 6.07) is 15.6. The van der Waals surface area contributed by atoms with Gasteiger partial charge in [0.2, 0.25) is 11.8 Å². The maximum absolute atomic E-state index is 11.8. The molecule has 0 atom stereocenters. The van der Waals surface area contributed by atoms with E-state index >= 15 is 0 Å². The van der Waals surface area contributed by atoms with Gasteiger partial charge in [-0.15, -0.1) is 0 Å². The van der Waals surface area contributed by atoms with Crippen LogP contribution in [0, 0.1) is 0 Å². The maximum Gasteiger partial charge on any atom is 0.240 e. The van der Waals surface area contributed by atoms with Crippen LogP contribution in [0.3, 0.4) is 0 Å². The Bertz CT molecular complexity index is 827. The van der Waals surface area contributed by atoms with Gasteiger partial charge >= 0.3 is 0 Å². The summed E-state index contributed by atoms with van der Waals surface area (Å²) in [4.78, 5) is 27.7. The summed E-state index contributed by atoms with van der Waals surface area (Å²) in [6.45, 7) is 0. The standard InChI is InChI=1S/C23H30N6O2/c1-28(2)20-12-8-18(9-13-20)16-24-26-22(30)6-5-7-23(31)27-25-17-19-10-14-21(15-11-19)29(3)4/h8-17H,5-7H2,1-4H3,(H,26,30)(H,27,31)/b24-16+,25-17?. The van der Waals surface area contributed by atoms with Crippen molar-refractivity contribution in [1.82, 2.24) is 10.9 Å². The largest absolute Gasteiger partial charge is 0.378 e. The smallest absolute Gasteiger partial charge is 0.240 e. The molecule has 0 heterocycles. The van der Waals surface area contributed by atoms with Gasteiger partial charge in [-0.2, -0.15) is 10.2 Å². The molecular formula is C23H30N6O2. The molecule has 2 N–H and O–H groups in total. The van der Waals surface area contributed by atoms with Gasteiger partial charge in [0.05, 0.1) is 12.4 Å². The van der Waals surface area contributed by atoms with Crippen molar-refractivity contribution in [2.24, 2.45) is 10.2 Å². The summed E-state index contributed by atoms with van der Waals surface area (Å²) in [7, 11) is 7.89. The number of nitrogens with zero attached hydrogens (tertiary/aromatic N) is 4. The molecule has 0 saturated carbocycles. The second-order valence-corrected chi connectivity index (χ2v) is 7.41. The molecule has 8 nitrogen and oxygen atoms in total. The minimum absolute atomic E-state index is 0.208. The molecule has 0 aromatic heterocycles. The highest BCUT2D eigenvalue weighted by atomic mass is 16.2. The molecule has 0 unspecified atom stereocenters. The fraction of sp³-hybridized carbons (Fsp3) is 0.304. The van der Waals surface area contributed by atoms with Gasteiger partial charge in [-0.05, 0) is 41.8 Å². The van der Waals surface area contributed by atoms with Crippen LogP contribution in [0.1, 0.15) is 30.4 Å². The third-order valence-electron chi connectivity index (χ3n) is 4.43. The second-order valence-electron chi connectivity index (χ2n) is 7.41. The van der Waals surface area contributed by atoms with Crippen LogP contribution in [0.4, 0.5) is 11.4 Å². The van der Waals surface area contributed by atoms with Crippen molar-refractivity contribution in [3.8, 4) is 0 Å². The average Bonchev–Trinajstić information content (AvgIpc) is 2.74. The number of carbonyl (C=O) groups is 2. The van der Waals surface area contributed by atoms with E-state index in [1.165, 1.54) is 0 Å². The number of benzene rings is 2. The molecule has 0 fully saturated rings. The normalized spacial score (nSPS) is 11.0. The van der Waals surface area contributed by atoms with E-state index in [0.29, 0.717) is 6.42 Å². The summed E-state index contributed by atoms with van der Waals surface area (Å²) in [5.41, 5.74) is 8.90. The van der Waals surface area contributed by atoms with Crippen LogP contribution in [-0.4, -0.2) is 52.4 Å². The molecule has 2 aromatic rings. The van der Waals surface area contributed by atoms with Gasteiger partial charge in [0, 0.05) is 52.4 Å². The summed E-state index contributed by atoms with van der Waals surface area (Å²) >= 11 is 0. The molecule has 2 amide bonds. The van der Waals surface area contributed by atoms with E-state index in [4.69, 9.17) is 0 Å². The maximum atomic E-state index is 11.8. The van der Waals surface area contributed by atoms with Crippen molar-refractivity contribution in [1.29, 1.82) is 0 Å². The van der Waals surface area contributed by atoms with Crippen molar-refractivity contribution < 1.29 is 9.59 Å². The number of nitrogens with one attached hydrogen (secondary N) is 2. The lowest BCUT2D eigenvalue weighted by Crippen LogP contribution is -2.20. The first-order valence-corrected chi connectivity index (χ1v) is 10.0. The quantitative estimate of drug-likeness (QED) is 0.455. The van der Waals surface area contributed by atoms with Gasteiger partial charge in [-0.1, -0.05) is 24.3 Å². The van der Waals surface area contributed by atoms with Crippen LogP contribution in [0.5, 0.6) is 0 Å². The third kappa shape index (κ3) is 8.69. The highest BCUT2D eigenvalue weighted by Gasteiger charge is 2.04. The van der Waals surface area contributed by atoms with E-state index in [0.717, 1.165) is 22.5 Å². The van der Waals surface area contributed by atoms with E-state index in [-0.39, 0.29) is 24.7 Å². The Morgan fingerprint density at radius 2 is 1.06 bits per heavy atom. The Labute approximate surface area is 183 Å². The van der Waals surface area contributed by atoms with Crippen LogP contribution in [0.25, 0.3) is 0 Å². The molecule has 0 aliphatic heterocycles. The van der Waals surface area contributed by atoms with Crippen molar-refractivity contribution in [3.05, 3.63) is 59.7 Å². The lowest BCUT2D eigenvalue weighted by Gasteiger charge is -2.11. The Hall–Kier alpha value is -3.68. The fourth-order valence-electron chi connectivity index (χ4n) is 2.60. The molecule has 0 spiro atoms. The van der Waals surface area contributed by atoms with Crippen molar-refractivity contribution in [2.75, 3.05) is 38.0 Å². The highest BCUT2D eigenvalue weighted by Crippen LogP contribution is 2.11. The molecule has 2 rings (SSSR count). The van der Waals surface area contributed by atoms with Gasteiger partial charge in [-0.3, -0.25) is 9.59 Å². The number of hydrogen-bond acceptors (Lipinski definition) is 6. The molecule has 0 saturated heterocycles. The molecule has 8 heteroatoms. The number of amides is 2. The first-order chi connectivity index (χ1) is 14.8. The SMILES string of the molecule is CN(C)c1ccc(C=NNC(=O)CCCC(=O)N/N=C/c2ccc(N(C)C)cc2)cc1. The summed E-state index contributed by atoms with van der Waals surface area (Å²) in [5.74, 6) is -0.475. The zero-order valence-electron chi connectivity index (χ0n) is 18.5. The number of anilines is 2. The van der Waals surface area contributed by atoms with E-state index in [1.54, 1.807) is 12.4 Å². The second kappa shape index (κ2) is 12.1. The van der Waals surface area contributed by atoms with Crippen LogP contribution >= 0.6 is 0 Å². The zero-order valence-corrected chi connectivity index (χ0v) is 18.5. The van der Waals surface area contributed by atoms with Crippen molar-refractivity contribution in [3.63, 3.8) is 0 Å². The molecule has 2 aromatic carbocycles. The molecule has 164 valence electrons. The minimum atomic E-state index is -0.238. The first kappa shape index (κ1) is 23.6. The predicted molar refractivity (Wildman–Crippen MR) is 127 cm³/mol. The average molecular weight is 423 g/mol. The topological polar surface area (TPSA) is 89.4 Å². The van der Waals surface area contributed by atoms with Gasteiger partial charge in [0.1, 0.15) is 0 Å². The molecular weight excluding hydrogens is 392 g/mol. The number of carbonyl (C=O) groups excluding carboxylic acids is 2. The van der Waals surface area contributed by atoms with Crippen LogP contribution in [0.2, 0.25) is 0 Å². The Morgan fingerprint density at radius 3 is 1.39 bits per heavy atom. The van der Waals surface area contributed by atoms with E-state index in [9.17, 15) is 9.59 Å². The summed E-state index contributed by atoms with van der Waals surface area (Å²) < 4.78 is 0. The minimum Gasteiger partial charge on any atom is -0.378 e. The van der Waals surface area contributed by atoms with Crippen molar-refractivity contribution in [2.45, 2.75) is 19.3 Å². The summed E-state index contributed by atoms with van der Waals surface area (Å²) in [5, 5.41) is 7.90. The Kier molecular flexibility index (Phi) is 9.22. The van der Waals surface area contributed by atoms with E-state index in [1.807, 2.05) is 86.5 Å². The predicted octanol–water partition coefficient (Wildman–Crippen LogP) is 2.59. The van der Waals surface area contributed by atoms with Gasteiger partial charge in [0.15, 0.2) is 0 Å². The molecule has 31 heavy (non-hydrogen) atoms. The van der Waals surface area contributed by atoms with E-state index < -0.39 is 0 Å². The molecule has 0 radical (unpaired) electrons. The van der Waals surface area contributed by atoms with Crippen molar-refractivity contribution >= 4 is 35.6 Å². The van der Waals surface area contributed by atoms with Gasteiger partial charge in [-0.25, -0.2) is 10.9 Å². The molecule has 0 aliphatic rings. The zero-order chi connectivity index (χ0) is 22.6. The molecule has 0 aliphatic carbocycles. The number of hydrazone groups is 2. The lowest BCUT2D eigenvalue weighted by atomic mass is 10.2. The van der Waals surface area contributed by atoms with Gasteiger partial charge in [0.25, 0.3) is 0 Å². The Morgan fingerprint density at radius 1 is 0.710 bits per heavy atom. The van der Waals surface area contributed by atoms with Crippen LogP contribution in [-0.2, 0) is 9.59 Å². The third-order valence-corrected chi connectivity index (χ3v) is 4.43. The fourth-order valence-corrected chi connectivity index (χ4v) is 2.60. The highest BCUT2D eigenvalue weighted by molar-refractivity contribution is 5.84. The number of hydrogen-bond donors (Lipinski definition) is 2. The van der Waals surface area contributed by atoms with E-state index in [2.05, 4.69) is 21.1 Å². The lowest BCUT2D eigenvalue weighted by molar-refractivity contribution is -0.122. The van der Waals surface area contributed by atoms with Crippen LogP contribution in [0.15, 0.2) is 58.7 Å². The number of rotatable bonds is 10. The van der Waals surface area contributed by atoms with Crippen LogP contribution < -0.4 is 20.7 Å². The first-order valence-electron chi connectivity index (χ1n) is 10.0. The molecule has 0 bridgehead atoms. The summed E-state index contributed by atoms with van der Waals surface area (Å²) in [6.07, 6.45) is 4.01. The monoisotopic (exact) mass is 422 g/mol. The van der Waals surface area contributed by atoms with Gasteiger partial charge < -0.3 is 9.80 Å².